The van der Waals surface area contributed by atoms with Gasteiger partial charge in [-0.2, -0.15) is 5.26 Å². The summed E-state index contributed by atoms with van der Waals surface area (Å²) in [6, 6.07) is 2.19. The van der Waals surface area contributed by atoms with E-state index in [2.05, 4.69) is 22.8 Å². The molecule has 0 bridgehead atoms. The molecule has 1 heterocycles. The third-order valence-electron chi connectivity index (χ3n) is 3.72. The van der Waals surface area contributed by atoms with Crippen LogP contribution in [0.4, 0.5) is 0 Å². The Morgan fingerprint density at radius 1 is 1.26 bits per heavy atom. The maximum absolute atomic E-state index is 12.2. The lowest BCUT2D eigenvalue weighted by molar-refractivity contribution is -0.133. The Balaban J connectivity index is 2.39. The van der Waals surface area contributed by atoms with E-state index in [4.69, 9.17) is 5.26 Å². The summed E-state index contributed by atoms with van der Waals surface area (Å²) >= 11 is 0. The van der Waals surface area contributed by atoms with Crippen molar-refractivity contribution in [3.8, 4) is 6.07 Å². The Hall–Kier alpha value is -1.12. The molecule has 0 aliphatic carbocycles. The average Bonchev–Trinajstić information content (AvgIpc) is 2.45. The molecule has 0 saturated carbocycles. The summed E-state index contributed by atoms with van der Waals surface area (Å²) < 4.78 is 0. The van der Waals surface area contributed by atoms with Crippen molar-refractivity contribution < 1.29 is 4.79 Å². The van der Waals surface area contributed by atoms with Gasteiger partial charge >= 0.3 is 0 Å². The normalized spacial score (nSPS) is 18.8. The van der Waals surface area contributed by atoms with E-state index in [1.807, 2.05) is 13.8 Å². The number of nitriles is 1. The van der Waals surface area contributed by atoms with Crippen LogP contribution >= 0.6 is 0 Å². The van der Waals surface area contributed by atoms with Gasteiger partial charge in [0, 0.05) is 39.3 Å². The third kappa shape index (κ3) is 5.17. The van der Waals surface area contributed by atoms with Crippen molar-refractivity contribution in [3.05, 3.63) is 0 Å². The number of carbonyl (C=O) groups excluding carboxylic acids is 1. The van der Waals surface area contributed by atoms with Crippen LogP contribution in [0.2, 0.25) is 0 Å². The first-order chi connectivity index (χ1) is 9.10. The predicted molar refractivity (Wildman–Crippen MR) is 75.6 cm³/mol. The van der Waals surface area contributed by atoms with Gasteiger partial charge in [0.05, 0.1) is 18.5 Å². The largest absolute Gasteiger partial charge is 0.341 e. The number of nitrogens with zero attached hydrogens (tertiary/aromatic N) is 4. The highest BCUT2D eigenvalue weighted by Gasteiger charge is 2.21. The second-order valence-corrected chi connectivity index (χ2v) is 5.17. The molecule has 5 nitrogen and oxygen atoms in total. The fourth-order valence-electron chi connectivity index (χ4n) is 2.33. The average molecular weight is 266 g/mol. The van der Waals surface area contributed by atoms with Crippen molar-refractivity contribution in [1.29, 1.82) is 5.26 Å². The molecule has 0 radical (unpaired) electrons. The van der Waals surface area contributed by atoms with E-state index < -0.39 is 0 Å². The van der Waals surface area contributed by atoms with E-state index >= 15 is 0 Å². The Kier molecular flexibility index (Phi) is 6.82. The fourth-order valence-corrected chi connectivity index (χ4v) is 2.33. The number of piperazine rings is 1. The van der Waals surface area contributed by atoms with Crippen LogP contribution in [0.1, 0.15) is 20.8 Å². The molecule has 0 spiro atoms. The van der Waals surface area contributed by atoms with Crippen molar-refractivity contribution in [2.24, 2.45) is 5.92 Å². The number of hydrogen-bond donors (Lipinski definition) is 0. The number of hydrogen-bond acceptors (Lipinski definition) is 4. The van der Waals surface area contributed by atoms with Crippen LogP contribution in [-0.4, -0.2) is 73.0 Å². The zero-order valence-electron chi connectivity index (χ0n) is 12.4. The molecule has 1 aliphatic heterocycles. The molecule has 1 rings (SSSR count). The summed E-state index contributed by atoms with van der Waals surface area (Å²) in [6.07, 6.45) is 0. The molecule has 1 atom stereocenters. The molecular weight excluding hydrogens is 240 g/mol. The summed E-state index contributed by atoms with van der Waals surface area (Å²) in [5.74, 6) is 0.0513. The van der Waals surface area contributed by atoms with Gasteiger partial charge in [0.1, 0.15) is 0 Å². The first-order valence-corrected chi connectivity index (χ1v) is 7.22. The molecule has 19 heavy (non-hydrogen) atoms. The monoisotopic (exact) mass is 266 g/mol. The van der Waals surface area contributed by atoms with Crippen molar-refractivity contribution >= 4 is 5.91 Å². The Morgan fingerprint density at radius 2 is 1.84 bits per heavy atom. The van der Waals surface area contributed by atoms with E-state index in [-0.39, 0.29) is 11.8 Å². The zero-order chi connectivity index (χ0) is 14.3. The van der Waals surface area contributed by atoms with E-state index in [1.165, 1.54) is 0 Å². The maximum atomic E-state index is 12.2. The van der Waals surface area contributed by atoms with Crippen LogP contribution in [0.3, 0.4) is 0 Å². The van der Waals surface area contributed by atoms with Gasteiger partial charge in [0.25, 0.3) is 0 Å². The second kappa shape index (κ2) is 8.13. The summed E-state index contributed by atoms with van der Waals surface area (Å²) in [5, 5.41) is 8.83. The van der Waals surface area contributed by atoms with Gasteiger partial charge in [-0.15, -0.1) is 0 Å². The topological polar surface area (TPSA) is 50.6 Å². The van der Waals surface area contributed by atoms with Gasteiger partial charge < -0.3 is 9.80 Å². The van der Waals surface area contributed by atoms with Crippen molar-refractivity contribution in [2.45, 2.75) is 20.8 Å². The van der Waals surface area contributed by atoms with E-state index in [1.54, 1.807) is 4.90 Å². The summed E-state index contributed by atoms with van der Waals surface area (Å²) in [5.41, 5.74) is 0. The molecule has 1 saturated heterocycles. The van der Waals surface area contributed by atoms with Crippen LogP contribution in [0, 0.1) is 17.2 Å². The van der Waals surface area contributed by atoms with Gasteiger partial charge in [0.15, 0.2) is 0 Å². The minimum absolute atomic E-state index is 0.0964. The third-order valence-corrected chi connectivity index (χ3v) is 3.72. The zero-order valence-corrected chi connectivity index (χ0v) is 12.4. The first-order valence-electron chi connectivity index (χ1n) is 7.22. The van der Waals surface area contributed by atoms with Gasteiger partial charge in [-0.25, -0.2) is 0 Å². The van der Waals surface area contributed by atoms with Crippen LogP contribution in [0.25, 0.3) is 0 Å². The highest BCUT2D eigenvalue weighted by atomic mass is 16.2. The van der Waals surface area contributed by atoms with Crippen LogP contribution in [0.5, 0.6) is 0 Å². The van der Waals surface area contributed by atoms with Gasteiger partial charge in [-0.1, -0.05) is 6.92 Å². The van der Waals surface area contributed by atoms with Gasteiger partial charge in [0.2, 0.25) is 5.91 Å². The molecule has 0 aromatic rings. The fraction of sp³-hybridized carbons (Fsp3) is 0.857. The number of rotatable bonds is 6. The Bertz CT molecular complexity index is 318. The highest BCUT2D eigenvalue weighted by molar-refractivity contribution is 5.78. The molecule has 1 aliphatic rings. The summed E-state index contributed by atoms with van der Waals surface area (Å²) in [7, 11) is 0. The Morgan fingerprint density at radius 3 is 2.32 bits per heavy atom. The summed E-state index contributed by atoms with van der Waals surface area (Å²) in [4.78, 5) is 18.6. The first kappa shape index (κ1) is 15.9. The quantitative estimate of drug-likeness (QED) is 0.707. The molecule has 0 aromatic heterocycles. The predicted octanol–water partition coefficient (Wildman–Crippen LogP) is 0.632. The minimum atomic E-state index is -0.0964. The van der Waals surface area contributed by atoms with Crippen LogP contribution in [0.15, 0.2) is 0 Å². The molecule has 0 N–H and O–H groups in total. The van der Waals surface area contributed by atoms with E-state index in [0.717, 1.165) is 32.7 Å². The maximum Gasteiger partial charge on any atom is 0.236 e. The SMILES string of the molecule is CCN1CCN(CC(=O)N(CC)CC(C)C#N)CC1. The molecule has 1 unspecified atom stereocenters. The number of amides is 1. The lowest BCUT2D eigenvalue weighted by Gasteiger charge is -2.34. The van der Waals surface area contributed by atoms with Gasteiger partial charge in [-0.3, -0.25) is 9.69 Å². The molecule has 5 heteroatoms. The van der Waals surface area contributed by atoms with Crippen LogP contribution in [-0.2, 0) is 4.79 Å². The number of carbonyl (C=O) groups is 1. The molecule has 1 fully saturated rings. The molecular formula is C14H26N4O. The Labute approximate surface area is 116 Å². The molecule has 1 amide bonds. The smallest absolute Gasteiger partial charge is 0.236 e. The van der Waals surface area contributed by atoms with E-state index in [9.17, 15) is 4.79 Å². The van der Waals surface area contributed by atoms with Crippen molar-refractivity contribution in [1.82, 2.24) is 14.7 Å². The number of likely N-dealkylation sites (N-methyl/N-ethyl adjacent to an activating group) is 2. The molecule has 108 valence electrons. The standard InChI is InChI=1S/C14H26N4O/c1-4-16-6-8-17(9-7-16)12-14(19)18(5-2)11-13(3)10-15/h13H,4-9,11-12H2,1-3H3. The molecule has 0 aromatic carbocycles. The lowest BCUT2D eigenvalue weighted by atomic mass is 10.2. The van der Waals surface area contributed by atoms with Gasteiger partial charge in [-0.05, 0) is 20.4 Å². The second-order valence-electron chi connectivity index (χ2n) is 5.17. The summed E-state index contributed by atoms with van der Waals surface area (Å²) in [6.45, 7) is 12.8. The van der Waals surface area contributed by atoms with E-state index in [0.29, 0.717) is 19.6 Å². The highest BCUT2D eigenvalue weighted by Crippen LogP contribution is 2.04. The van der Waals surface area contributed by atoms with Crippen LogP contribution < -0.4 is 0 Å². The van der Waals surface area contributed by atoms with Crippen molar-refractivity contribution in [3.63, 3.8) is 0 Å². The van der Waals surface area contributed by atoms with Crippen molar-refractivity contribution in [2.75, 3.05) is 52.4 Å². The lowest BCUT2D eigenvalue weighted by Crippen LogP contribution is -2.50. The minimum Gasteiger partial charge on any atom is -0.341 e.